The minimum absolute atomic E-state index is 1.09. The van der Waals surface area contributed by atoms with Crippen LogP contribution in [0.5, 0.6) is 0 Å². The SMILES string of the molecule is c1cc2c(cn1)[nH]c1ccc3[nH]ccc3c12. The van der Waals surface area contributed by atoms with Crippen molar-refractivity contribution in [3.8, 4) is 0 Å². The molecule has 0 saturated heterocycles. The lowest BCUT2D eigenvalue weighted by atomic mass is 10.1. The number of hydrogen-bond acceptors (Lipinski definition) is 1. The molecule has 0 spiro atoms. The summed E-state index contributed by atoms with van der Waals surface area (Å²) in [5, 5.41) is 3.77. The van der Waals surface area contributed by atoms with Crippen LogP contribution in [0.1, 0.15) is 0 Å². The van der Waals surface area contributed by atoms with Crippen LogP contribution in [-0.4, -0.2) is 15.0 Å². The Kier molecular flexibility index (Phi) is 1.31. The Morgan fingerprint density at radius 1 is 0.875 bits per heavy atom. The van der Waals surface area contributed by atoms with Crippen LogP contribution >= 0.6 is 0 Å². The van der Waals surface area contributed by atoms with Crippen molar-refractivity contribution in [1.82, 2.24) is 15.0 Å². The van der Waals surface area contributed by atoms with Crippen molar-refractivity contribution in [1.29, 1.82) is 0 Å². The van der Waals surface area contributed by atoms with Crippen molar-refractivity contribution in [3.05, 3.63) is 42.9 Å². The molecule has 0 radical (unpaired) electrons. The average molecular weight is 207 g/mol. The molecular formula is C13H9N3. The smallest absolute Gasteiger partial charge is 0.0651 e. The fraction of sp³-hybridized carbons (Fsp3) is 0. The van der Waals surface area contributed by atoms with E-state index in [1.807, 2.05) is 18.6 Å². The summed E-state index contributed by atoms with van der Waals surface area (Å²) in [6, 6.07) is 8.38. The summed E-state index contributed by atoms with van der Waals surface area (Å²) in [6.07, 6.45) is 5.68. The first-order chi connectivity index (χ1) is 7.93. The predicted molar refractivity (Wildman–Crippen MR) is 65.5 cm³/mol. The summed E-state index contributed by atoms with van der Waals surface area (Å²) in [6.45, 7) is 0. The van der Waals surface area contributed by atoms with Gasteiger partial charge in [-0.15, -0.1) is 0 Å². The molecule has 1 aromatic carbocycles. The van der Waals surface area contributed by atoms with Crippen LogP contribution in [0.2, 0.25) is 0 Å². The lowest BCUT2D eigenvalue weighted by molar-refractivity contribution is 1.35. The van der Waals surface area contributed by atoms with Gasteiger partial charge in [-0.2, -0.15) is 0 Å². The predicted octanol–water partition coefficient (Wildman–Crippen LogP) is 3.20. The summed E-state index contributed by atoms with van der Waals surface area (Å²) in [4.78, 5) is 10.8. The maximum absolute atomic E-state index is 4.14. The number of nitrogens with zero attached hydrogens (tertiary/aromatic N) is 1. The van der Waals surface area contributed by atoms with E-state index in [1.54, 1.807) is 0 Å². The van der Waals surface area contributed by atoms with Crippen molar-refractivity contribution in [2.75, 3.05) is 0 Å². The van der Waals surface area contributed by atoms with Crippen molar-refractivity contribution < 1.29 is 0 Å². The zero-order valence-corrected chi connectivity index (χ0v) is 8.49. The normalized spacial score (nSPS) is 11.8. The number of pyridine rings is 1. The fourth-order valence-corrected chi connectivity index (χ4v) is 2.38. The summed E-state index contributed by atoms with van der Waals surface area (Å²) in [5.74, 6) is 0. The number of aromatic nitrogens is 3. The first kappa shape index (κ1) is 7.93. The van der Waals surface area contributed by atoms with E-state index in [1.165, 1.54) is 21.7 Å². The third-order valence-corrected chi connectivity index (χ3v) is 3.09. The van der Waals surface area contributed by atoms with E-state index in [0.29, 0.717) is 0 Å². The van der Waals surface area contributed by atoms with Gasteiger partial charge in [-0.05, 0) is 24.3 Å². The third kappa shape index (κ3) is 0.852. The van der Waals surface area contributed by atoms with Gasteiger partial charge in [-0.3, -0.25) is 4.98 Å². The highest BCUT2D eigenvalue weighted by Gasteiger charge is 2.07. The van der Waals surface area contributed by atoms with Gasteiger partial charge in [0.15, 0.2) is 0 Å². The van der Waals surface area contributed by atoms with Crippen LogP contribution in [0.15, 0.2) is 42.9 Å². The first-order valence-electron chi connectivity index (χ1n) is 5.25. The molecule has 76 valence electrons. The standard InChI is InChI=1S/C13H9N3/c1-2-11-13(8-4-6-15-10(1)8)9-3-5-14-7-12(9)16-11/h1-7,15-16H. The van der Waals surface area contributed by atoms with E-state index in [9.17, 15) is 0 Å². The largest absolute Gasteiger partial charge is 0.361 e. The van der Waals surface area contributed by atoms with Gasteiger partial charge in [0.05, 0.1) is 11.7 Å². The fourth-order valence-electron chi connectivity index (χ4n) is 2.38. The van der Waals surface area contributed by atoms with E-state index >= 15 is 0 Å². The van der Waals surface area contributed by atoms with Crippen LogP contribution < -0.4 is 0 Å². The highest BCUT2D eigenvalue weighted by Crippen LogP contribution is 2.30. The molecule has 3 nitrogen and oxygen atoms in total. The Morgan fingerprint density at radius 2 is 1.75 bits per heavy atom. The maximum Gasteiger partial charge on any atom is 0.0651 e. The Hall–Kier alpha value is -2.29. The number of rotatable bonds is 0. The molecule has 4 aromatic rings. The van der Waals surface area contributed by atoms with Crippen LogP contribution in [-0.2, 0) is 0 Å². The monoisotopic (exact) mass is 207 g/mol. The lowest BCUT2D eigenvalue weighted by Gasteiger charge is -1.93. The maximum atomic E-state index is 4.14. The number of aromatic amines is 2. The van der Waals surface area contributed by atoms with Crippen molar-refractivity contribution in [2.45, 2.75) is 0 Å². The van der Waals surface area contributed by atoms with Crippen LogP contribution in [0.3, 0.4) is 0 Å². The lowest BCUT2D eigenvalue weighted by Crippen LogP contribution is -1.70. The van der Waals surface area contributed by atoms with Crippen molar-refractivity contribution in [3.63, 3.8) is 0 Å². The Labute approximate surface area is 91.1 Å². The Balaban J connectivity index is 2.42. The molecule has 0 atom stereocenters. The number of hydrogen-bond donors (Lipinski definition) is 2. The average Bonchev–Trinajstić information content (AvgIpc) is 2.91. The summed E-state index contributed by atoms with van der Waals surface area (Å²) < 4.78 is 0. The zero-order chi connectivity index (χ0) is 10.5. The molecular weight excluding hydrogens is 198 g/mol. The number of fused-ring (bicyclic) bond motifs is 5. The Bertz CT molecular complexity index is 808. The zero-order valence-electron chi connectivity index (χ0n) is 8.49. The number of benzene rings is 1. The second kappa shape index (κ2) is 2.64. The van der Waals surface area contributed by atoms with E-state index in [-0.39, 0.29) is 0 Å². The minimum Gasteiger partial charge on any atom is -0.361 e. The van der Waals surface area contributed by atoms with Crippen LogP contribution in [0.25, 0.3) is 32.7 Å². The van der Waals surface area contributed by atoms with Gasteiger partial charge in [0.25, 0.3) is 0 Å². The van der Waals surface area contributed by atoms with Crippen LogP contribution in [0, 0.1) is 0 Å². The molecule has 0 fully saturated rings. The molecule has 0 unspecified atom stereocenters. The second-order valence-electron chi connectivity index (χ2n) is 3.97. The number of nitrogens with one attached hydrogen (secondary N) is 2. The molecule has 0 aliphatic heterocycles. The minimum atomic E-state index is 1.09. The van der Waals surface area contributed by atoms with E-state index < -0.39 is 0 Å². The quantitative estimate of drug-likeness (QED) is 0.457. The molecule has 0 amide bonds. The molecule has 3 heterocycles. The number of H-pyrrole nitrogens is 2. The van der Waals surface area contributed by atoms with E-state index in [2.05, 4.69) is 39.2 Å². The van der Waals surface area contributed by atoms with Gasteiger partial charge in [0, 0.05) is 39.6 Å². The third-order valence-electron chi connectivity index (χ3n) is 3.09. The van der Waals surface area contributed by atoms with Gasteiger partial charge in [-0.1, -0.05) is 0 Å². The molecule has 0 saturated carbocycles. The summed E-state index contributed by atoms with van der Waals surface area (Å²) in [7, 11) is 0. The topological polar surface area (TPSA) is 44.5 Å². The molecule has 0 aliphatic rings. The van der Waals surface area contributed by atoms with Crippen LogP contribution in [0.4, 0.5) is 0 Å². The highest BCUT2D eigenvalue weighted by atomic mass is 14.7. The van der Waals surface area contributed by atoms with Gasteiger partial charge in [-0.25, -0.2) is 0 Å². The van der Waals surface area contributed by atoms with Gasteiger partial charge in [0.1, 0.15) is 0 Å². The van der Waals surface area contributed by atoms with E-state index in [0.717, 1.165) is 11.0 Å². The molecule has 3 aromatic heterocycles. The molecule has 0 bridgehead atoms. The molecule has 2 N–H and O–H groups in total. The van der Waals surface area contributed by atoms with Gasteiger partial charge in [0.2, 0.25) is 0 Å². The second-order valence-corrected chi connectivity index (χ2v) is 3.97. The molecule has 4 rings (SSSR count). The van der Waals surface area contributed by atoms with Gasteiger partial charge >= 0.3 is 0 Å². The van der Waals surface area contributed by atoms with E-state index in [4.69, 9.17) is 0 Å². The molecule has 3 heteroatoms. The van der Waals surface area contributed by atoms with Crippen molar-refractivity contribution >= 4 is 32.7 Å². The molecule has 16 heavy (non-hydrogen) atoms. The highest BCUT2D eigenvalue weighted by molar-refractivity contribution is 6.19. The van der Waals surface area contributed by atoms with Gasteiger partial charge < -0.3 is 9.97 Å². The van der Waals surface area contributed by atoms with Crippen molar-refractivity contribution in [2.24, 2.45) is 0 Å². The Morgan fingerprint density at radius 3 is 2.75 bits per heavy atom. The first-order valence-corrected chi connectivity index (χ1v) is 5.25. The summed E-state index contributed by atoms with van der Waals surface area (Å²) in [5.41, 5.74) is 3.42. The summed E-state index contributed by atoms with van der Waals surface area (Å²) >= 11 is 0. The molecule has 0 aliphatic carbocycles.